The minimum Gasteiger partial charge on any atom is -0.462 e. The Balaban J connectivity index is 1.90. The second-order valence-electron chi connectivity index (χ2n) is 10.9. The van der Waals surface area contributed by atoms with Crippen molar-refractivity contribution in [2.45, 2.75) is 70.1 Å². The molecule has 2 aromatic rings. The van der Waals surface area contributed by atoms with Crippen molar-refractivity contribution in [1.29, 1.82) is 0 Å². The summed E-state index contributed by atoms with van der Waals surface area (Å²) in [6.45, 7) is 13.2. The summed E-state index contributed by atoms with van der Waals surface area (Å²) in [6.07, 6.45) is 13.0. The number of rotatable bonds is 20. The molecule has 234 valence electrons. The van der Waals surface area contributed by atoms with Crippen LogP contribution in [-0.4, -0.2) is 52.9 Å². The summed E-state index contributed by atoms with van der Waals surface area (Å²) in [7, 11) is -3.21. The molecule has 2 rings (SSSR count). The van der Waals surface area contributed by atoms with E-state index in [0.29, 0.717) is 29.3 Å². The highest BCUT2D eigenvalue weighted by molar-refractivity contribution is 7.90. The maximum Gasteiger partial charge on any atom is 0.333 e. The van der Waals surface area contributed by atoms with Crippen molar-refractivity contribution in [1.82, 2.24) is 0 Å². The maximum absolute atomic E-state index is 11.7. The van der Waals surface area contributed by atoms with Gasteiger partial charge in [0.15, 0.2) is 9.84 Å². The number of hydrogen-bond acceptors (Lipinski definition) is 7. The van der Waals surface area contributed by atoms with E-state index in [1.165, 1.54) is 11.9 Å². The Hall–Kier alpha value is -3.65. The number of hydrogen-bond donors (Lipinski definition) is 0. The second kappa shape index (κ2) is 18.8. The Labute approximate surface area is 258 Å². The van der Waals surface area contributed by atoms with Crippen LogP contribution < -0.4 is 4.90 Å². The molecule has 7 nitrogen and oxygen atoms in total. The van der Waals surface area contributed by atoms with Gasteiger partial charge in [0.2, 0.25) is 0 Å². The Bertz CT molecular complexity index is 1290. The van der Waals surface area contributed by atoms with Gasteiger partial charge in [0, 0.05) is 36.2 Å². The molecule has 2 aromatic carbocycles. The minimum absolute atomic E-state index is 0.312. The van der Waals surface area contributed by atoms with Gasteiger partial charge < -0.3 is 14.4 Å². The number of anilines is 1. The Morgan fingerprint density at radius 3 is 1.47 bits per heavy atom. The van der Waals surface area contributed by atoms with Crippen molar-refractivity contribution in [3.63, 3.8) is 0 Å². The van der Waals surface area contributed by atoms with E-state index in [2.05, 4.69) is 42.3 Å². The molecule has 0 N–H and O–H groups in total. The molecule has 43 heavy (non-hydrogen) atoms. The fraction of sp³-hybridized carbons (Fsp3) is 0.429. The number of unbranched alkanes of at least 4 members (excludes halogenated alkanes) is 6. The summed E-state index contributed by atoms with van der Waals surface area (Å²) in [5.74, 6) is -0.661. The SMILES string of the molecule is C=C(C)C(=O)OCCCCCCN(CCCCCCOC(=O)C(=C)C)c1ccc(C=Cc2ccc(S(C)(=O)=O)cc2)cc1. The molecule has 0 aliphatic rings. The molecule has 0 atom stereocenters. The zero-order chi connectivity index (χ0) is 31.7. The summed E-state index contributed by atoms with van der Waals surface area (Å²) in [4.78, 5) is 25.8. The highest BCUT2D eigenvalue weighted by atomic mass is 32.2. The minimum atomic E-state index is -3.21. The average Bonchev–Trinajstić information content (AvgIpc) is 2.97. The highest BCUT2D eigenvalue weighted by Gasteiger charge is 2.08. The summed E-state index contributed by atoms with van der Waals surface area (Å²) < 4.78 is 33.7. The summed E-state index contributed by atoms with van der Waals surface area (Å²) >= 11 is 0. The number of benzene rings is 2. The van der Waals surface area contributed by atoms with Crippen LogP contribution in [0.1, 0.15) is 76.3 Å². The Morgan fingerprint density at radius 1 is 0.674 bits per heavy atom. The molecule has 0 bridgehead atoms. The molecule has 0 amide bonds. The van der Waals surface area contributed by atoms with E-state index in [1.54, 1.807) is 38.1 Å². The van der Waals surface area contributed by atoms with Crippen molar-refractivity contribution in [2.75, 3.05) is 37.5 Å². The average molecular weight is 610 g/mol. The maximum atomic E-state index is 11.7. The molecule has 0 fully saturated rings. The third-order valence-corrected chi connectivity index (χ3v) is 7.97. The molecule has 0 spiro atoms. The van der Waals surface area contributed by atoms with Crippen LogP contribution in [0.3, 0.4) is 0 Å². The van der Waals surface area contributed by atoms with Crippen LogP contribution in [0.25, 0.3) is 12.2 Å². The normalized spacial score (nSPS) is 11.3. The van der Waals surface area contributed by atoms with Crippen LogP contribution >= 0.6 is 0 Å². The monoisotopic (exact) mass is 609 g/mol. The van der Waals surface area contributed by atoms with Gasteiger partial charge in [0.25, 0.3) is 0 Å². The first kappa shape index (κ1) is 35.5. The topological polar surface area (TPSA) is 90.0 Å². The smallest absolute Gasteiger partial charge is 0.333 e. The number of esters is 2. The van der Waals surface area contributed by atoms with E-state index < -0.39 is 9.84 Å². The summed E-state index contributed by atoms with van der Waals surface area (Å²) in [6, 6.07) is 15.3. The quantitative estimate of drug-likeness (QED) is 0.0668. The predicted molar refractivity (Wildman–Crippen MR) is 176 cm³/mol. The van der Waals surface area contributed by atoms with E-state index in [0.717, 1.165) is 75.6 Å². The molecule has 0 unspecified atom stereocenters. The Morgan fingerprint density at radius 2 is 1.07 bits per heavy atom. The standard InChI is InChI=1S/C35H47NO6S/c1-28(2)34(37)41-26-12-8-6-10-24-36(25-11-7-9-13-27-42-35(38)29(3)4)32-20-16-30(17-21-32)14-15-31-18-22-33(23-19-31)43(5,39)40/h14-23H,1,3,6-13,24-27H2,2,4-5H3. The van der Waals surface area contributed by atoms with Gasteiger partial charge >= 0.3 is 11.9 Å². The molecule has 0 saturated heterocycles. The Kier molecular flexibility index (Phi) is 15.5. The number of sulfone groups is 1. The lowest BCUT2D eigenvalue weighted by atomic mass is 10.1. The van der Waals surface area contributed by atoms with E-state index in [1.807, 2.05) is 12.2 Å². The number of nitrogens with zero attached hydrogens (tertiary/aromatic N) is 1. The van der Waals surface area contributed by atoms with Gasteiger partial charge in [-0.05, 0) is 87.8 Å². The van der Waals surface area contributed by atoms with Crippen molar-refractivity contribution in [3.8, 4) is 0 Å². The van der Waals surface area contributed by atoms with Crippen LogP contribution in [0.2, 0.25) is 0 Å². The molecule has 0 aliphatic heterocycles. The van der Waals surface area contributed by atoms with Crippen molar-refractivity contribution in [3.05, 3.63) is 84.0 Å². The van der Waals surface area contributed by atoms with Crippen molar-refractivity contribution >= 4 is 39.6 Å². The van der Waals surface area contributed by atoms with Gasteiger partial charge in [0.1, 0.15) is 0 Å². The largest absolute Gasteiger partial charge is 0.462 e. The van der Waals surface area contributed by atoms with Gasteiger partial charge in [-0.3, -0.25) is 0 Å². The predicted octanol–water partition coefficient (Wildman–Crippen LogP) is 7.43. The van der Waals surface area contributed by atoms with Crippen LogP contribution in [-0.2, 0) is 28.9 Å². The van der Waals surface area contributed by atoms with Crippen LogP contribution in [0.4, 0.5) is 5.69 Å². The molecule has 0 aromatic heterocycles. The molecule has 0 heterocycles. The molecule has 0 saturated carbocycles. The van der Waals surface area contributed by atoms with Gasteiger partial charge in [-0.1, -0.05) is 62.4 Å². The lowest BCUT2D eigenvalue weighted by Gasteiger charge is -2.25. The van der Waals surface area contributed by atoms with Crippen molar-refractivity contribution < 1.29 is 27.5 Å². The van der Waals surface area contributed by atoms with Crippen LogP contribution in [0, 0.1) is 0 Å². The zero-order valence-corrected chi connectivity index (χ0v) is 26.8. The fourth-order valence-electron chi connectivity index (χ4n) is 4.28. The van der Waals surface area contributed by atoms with E-state index in [4.69, 9.17) is 9.47 Å². The molecular formula is C35H47NO6S. The third-order valence-electron chi connectivity index (χ3n) is 6.84. The number of carbonyl (C=O) groups is 2. The molecule has 0 aliphatic carbocycles. The van der Waals surface area contributed by atoms with Gasteiger partial charge in [0.05, 0.1) is 18.1 Å². The second-order valence-corrected chi connectivity index (χ2v) is 12.9. The lowest BCUT2D eigenvalue weighted by Crippen LogP contribution is -2.25. The first-order valence-electron chi connectivity index (χ1n) is 15.0. The molecular weight excluding hydrogens is 562 g/mol. The van der Waals surface area contributed by atoms with Crippen LogP contribution in [0.15, 0.2) is 77.7 Å². The third kappa shape index (κ3) is 14.4. The lowest BCUT2D eigenvalue weighted by molar-refractivity contribution is -0.139. The molecule has 0 radical (unpaired) electrons. The zero-order valence-electron chi connectivity index (χ0n) is 26.0. The highest BCUT2D eigenvalue weighted by Crippen LogP contribution is 2.20. The van der Waals surface area contributed by atoms with Crippen molar-refractivity contribution in [2.24, 2.45) is 0 Å². The number of carbonyl (C=O) groups excluding carboxylic acids is 2. The van der Waals surface area contributed by atoms with E-state index in [9.17, 15) is 18.0 Å². The fourth-order valence-corrected chi connectivity index (χ4v) is 4.91. The number of ether oxygens (including phenoxy) is 2. The first-order valence-corrected chi connectivity index (χ1v) is 16.8. The van der Waals surface area contributed by atoms with E-state index >= 15 is 0 Å². The van der Waals surface area contributed by atoms with E-state index in [-0.39, 0.29) is 11.9 Å². The summed E-state index contributed by atoms with van der Waals surface area (Å²) in [5, 5.41) is 0. The van der Waals surface area contributed by atoms with Gasteiger partial charge in [-0.2, -0.15) is 0 Å². The van der Waals surface area contributed by atoms with Crippen LogP contribution in [0.5, 0.6) is 0 Å². The summed E-state index contributed by atoms with van der Waals surface area (Å²) in [5.41, 5.74) is 4.01. The van der Waals surface area contributed by atoms with Gasteiger partial charge in [-0.25, -0.2) is 18.0 Å². The molecule has 8 heteroatoms. The first-order chi connectivity index (χ1) is 20.5. The van der Waals surface area contributed by atoms with Gasteiger partial charge in [-0.15, -0.1) is 0 Å².